The highest BCUT2D eigenvalue weighted by Crippen LogP contribution is 2.00. The molecule has 0 atom stereocenters. The van der Waals surface area contributed by atoms with Gasteiger partial charge in [-0.05, 0) is 11.6 Å². The van der Waals surface area contributed by atoms with Crippen molar-refractivity contribution in [2.75, 3.05) is 19.8 Å². The molecule has 1 aromatic rings. The first-order valence-corrected chi connectivity index (χ1v) is 4.31. The molecule has 4 heteroatoms. The molecular weight excluding hydrogens is 170 g/mol. The van der Waals surface area contributed by atoms with E-state index in [0.29, 0.717) is 13.2 Å². The smallest absolute Gasteiger partial charge is 0.0698 e. The summed E-state index contributed by atoms with van der Waals surface area (Å²) in [5.74, 6) is 0. The third kappa shape index (κ3) is 3.59. The maximum Gasteiger partial charge on any atom is 0.0698 e. The Labute approximate surface area is 77.4 Å². The molecular formula is C9H15NO3. The van der Waals surface area contributed by atoms with Crippen LogP contribution in [0.2, 0.25) is 0 Å². The Hall–Kier alpha value is -0.840. The summed E-state index contributed by atoms with van der Waals surface area (Å²) in [6.07, 6.45) is 3.77. The van der Waals surface area contributed by atoms with Crippen molar-refractivity contribution in [2.45, 2.75) is 13.2 Å². The quantitative estimate of drug-likeness (QED) is 0.613. The first-order valence-electron chi connectivity index (χ1n) is 4.31. The van der Waals surface area contributed by atoms with E-state index in [1.165, 1.54) is 0 Å². The number of ether oxygens (including phenoxy) is 1. The zero-order valence-electron chi connectivity index (χ0n) is 7.52. The minimum atomic E-state index is 0.0631. The van der Waals surface area contributed by atoms with E-state index in [1.807, 2.05) is 23.0 Å². The lowest BCUT2D eigenvalue weighted by atomic mass is 10.4. The Morgan fingerprint density at radius 1 is 1.31 bits per heavy atom. The van der Waals surface area contributed by atoms with E-state index in [1.54, 1.807) is 0 Å². The van der Waals surface area contributed by atoms with Crippen molar-refractivity contribution in [3.05, 3.63) is 24.0 Å². The molecule has 0 saturated carbocycles. The lowest BCUT2D eigenvalue weighted by Gasteiger charge is -2.02. The largest absolute Gasteiger partial charge is 0.394 e. The summed E-state index contributed by atoms with van der Waals surface area (Å²) in [5.41, 5.74) is 0.905. The van der Waals surface area contributed by atoms with Gasteiger partial charge in [-0.2, -0.15) is 0 Å². The van der Waals surface area contributed by atoms with Crippen molar-refractivity contribution in [1.82, 2.24) is 4.57 Å². The second kappa shape index (κ2) is 5.75. The number of rotatable bonds is 6. The molecule has 4 nitrogen and oxygen atoms in total. The molecule has 1 heterocycles. The van der Waals surface area contributed by atoms with Gasteiger partial charge in [-0.25, -0.2) is 0 Å². The van der Waals surface area contributed by atoms with Gasteiger partial charge in [0, 0.05) is 18.9 Å². The van der Waals surface area contributed by atoms with Crippen LogP contribution in [0.4, 0.5) is 0 Å². The summed E-state index contributed by atoms with van der Waals surface area (Å²) in [5, 5.41) is 17.2. The normalized spacial score (nSPS) is 10.6. The SMILES string of the molecule is OCCOCCn1ccc(CO)c1. The van der Waals surface area contributed by atoms with Crippen LogP contribution < -0.4 is 0 Å². The van der Waals surface area contributed by atoms with E-state index in [2.05, 4.69) is 0 Å². The molecule has 0 bridgehead atoms. The van der Waals surface area contributed by atoms with Crippen LogP contribution >= 0.6 is 0 Å². The Kier molecular flexibility index (Phi) is 4.53. The molecule has 0 saturated heterocycles. The van der Waals surface area contributed by atoms with Crippen LogP contribution in [0.5, 0.6) is 0 Å². The molecule has 1 rings (SSSR count). The monoisotopic (exact) mass is 185 g/mol. The van der Waals surface area contributed by atoms with Crippen LogP contribution in [0.15, 0.2) is 18.5 Å². The van der Waals surface area contributed by atoms with Crippen LogP contribution in [0.1, 0.15) is 5.56 Å². The van der Waals surface area contributed by atoms with Gasteiger partial charge in [0.2, 0.25) is 0 Å². The Balaban J connectivity index is 2.20. The van der Waals surface area contributed by atoms with E-state index >= 15 is 0 Å². The van der Waals surface area contributed by atoms with E-state index in [9.17, 15) is 0 Å². The zero-order chi connectivity index (χ0) is 9.52. The zero-order valence-corrected chi connectivity index (χ0v) is 7.52. The molecule has 0 unspecified atom stereocenters. The number of hydrogen-bond donors (Lipinski definition) is 2. The average molecular weight is 185 g/mol. The highest BCUT2D eigenvalue weighted by molar-refractivity contribution is 5.08. The standard InChI is InChI=1S/C9H15NO3/c11-4-6-13-5-3-10-2-1-9(7-10)8-12/h1-2,7,11-12H,3-6,8H2. The highest BCUT2D eigenvalue weighted by Gasteiger charge is 1.94. The van der Waals surface area contributed by atoms with Crippen LogP contribution in [0.3, 0.4) is 0 Å². The van der Waals surface area contributed by atoms with Gasteiger partial charge >= 0.3 is 0 Å². The maximum atomic E-state index is 8.78. The van der Waals surface area contributed by atoms with Crippen molar-refractivity contribution in [3.8, 4) is 0 Å². The predicted molar refractivity (Wildman–Crippen MR) is 48.3 cm³/mol. The van der Waals surface area contributed by atoms with E-state index in [-0.39, 0.29) is 13.2 Å². The minimum Gasteiger partial charge on any atom is -0.394 e. The second-order valence-corrected chi connectivity index (χ2v) is 2.75. The lowest BCUT2D eigenvalue weighted by molar-refractivity contribution is 0.0870. The minimum absolute atomic E-state index is 0.0631. The Morgan fingerprint density at radius 3 is 2.77 bits per heavy atom. The molecule has 1 aromatic heterocycles. The summed E-state index contributed by atoms with van der Waals surface area (Å²) in [6.45, 7) is 1.85. The van der Waals surface area contributed by atoms with Crippen LogP contribution in [0.25, 0.3) is 0 Å². The fraction of sp³-hybridized carbons (Fsp3) is 0.556. The number of aromatic nitrogens is 1. The molecule has 13 heavy (non-hydrogen) atoms. The Morgan fingerprint density at radius 2 is 2.15 bits per heavy atom. The molecule has 0 aliphatic rings. The van der Waals surface area contributed by atoms with Gasteiger partial charge in [-0.3, -0.25) is 0 Å². The first-order chi connectivity index (χ1) is 6.36. The molecule has 2 N–H and O–H groups in total. The van der Waals surface area contributed by atoms with E-state index in [0.717, 1.165) is 12.1 Å². The van der Waals surface area contributed by atoms with Crippen molar-refractivity contribution in [2.24, 2.45) is 0 Å². The highest BCUT2D eigenvalue weighted by atomic mass is 16.5. The van der Waals surface area contributed by atoms with Crippen molar-refractivity contribution in [1.29, 1.82) is 0 Å². The second-order valence-electron chi connectivity index (χ2n) is 2.75. The van der Waals surface area contributed by atoms with Gasteiger partial charge in [0.1, 0.15) is 0 Å². The molecule has 0 aliphatic carbocycles. The van der Waals surface area contributed by atoms with Crippen molar-refractivity contribution in [3.63, 3.8) is 0 Å². The van der Waals surface area contributed by atoms with Crippen LogP contribution in [0, 0.1) is 0 Å². The summed E-state index contributed by atoms with van der Waals surface area (Å²) >= 11 is 0. The van der Waals surface area contributed by atoms with Gasteiger partial charge in [0.15, 0.2) is 0 Å². The maximum absolute atomic E-state index is 8.78. The molecule has 74 valence electrons. The number of nitrogens with zero attached hydrogens (tertiary/aromatic N) is 1. The predicted octanol–water partition coefficient (Wildman–Crippen LogP) is -0.0107. The van der Waals surface area contributed by atoms with Crippen molar-refractivity contribution >= 4 is 0 Å². The fourth-order valence-electron chi connectivity index (χ4n) is 1.06. The van der Waals surface area contributed by atoms with Gasteiger partial charge in [-0.1, -0.05) is 0 Å². The third-order valence-electron chi connectivity index (χ3n) is 1.72. The van der Waals surface area contributed by atoms with Gasteiger partial charge in [-0.15, -0.1) is 0 Å². The molecule has 0 aliphatic heterocycles. The summed E-state index contributed by atoms with van der Waals surface area (Å²) in [4.78, 5) is 0. The van der Waals surface area contributed by atoms with Gasteiger partial charge in [0.05, 0.1) is 26.4 Å². The third-order valence-corrected chi connectivity index (χ3v) is 1.72. The van der Waals surface area contributed by atoms with Crippen LogP contribution in [-0.4, -0.2) is 34.6 Å². The molecule has 0 fully saturated rings. The topological polar surface area (TPSA) is 54.6 Å². The van der Waals surface area contributed by atoms with Crippen LogP contribution in [-0.2, 0) is 17.9 Å². The molecule has 0 spiro atoms. The summed E-state index contributed by atoms with van der Waals surface area (Å²) in [6, 6.07) is 1.87. The van der Waals surface area contributed by atoms with Gasteiger partial charge in [0.25, 0.3) is 0 Å². The molecule has 0 amide bonds. The van der Waals surface area contributed by atoms with E-state index < -0.39 is 0 Å². The molecule has 0 aromatic carbocycles. The van der Waals surface area contributed by atoms with Crippen molar-refractivity contribution < 1.29 is 14.9 Å². The summed E-state index contributed by atoms with van der Waals surface area (Å²) in [7, 11) is 0. The van der Waals surface area contributed by atoms with E-state index in [4.69, 9.17) is 14.9 Å². The summed E-state index contributed by atoms with van der Waals surface area (Å²) < 4.78 is 7.04. The number of aliphatic hydroxyl groups is 2. The Bertz CT molecular complexity index is 235. The lowest BCUT2D eigenvalue weighted by Crippen LogP contribution is -2.06. The van der Waals surface area contributed by atoms with Gasteiger partial charge < -0.3 is 19.5 Å². The average Bonchev–Trinajstić information content (AvgIpc) is 2.60. The number of hydrogen-bond acceptors (Lipinski definition) is 3. The molecule has 0 radical (unpaired) electrons. The first kappa shape index (κ1) is 10.2. The fourth-order valence-corrected chi connectivity index (χ4v) is 1.06. The number of aliphatic hydroxyl groups excluding tert-OH is 2.